The molecule has 0 rings (SSSR count). The summed E-state index contributed by atoms with van der Waals surface area (Å²) in [6, 6.07) is 0.292. The molecule has 6 heteroatoms. The number of methoxy groups -OCH3 is 1. The molecule has 3 unspecified atom stereocenters. The van der Waals surface area contributed by atoms with Crippen molar-refractivity contribution in [2.75, 3.05) is 25.7 Å². The Morgan fingerprint density at radius 3 is 2.40 bits per heavy atom. The van der Waals surface area contributed by atoms with Gasteiger partial charge in [0.1, 0.15) is 0 Å². The molecule has 0 fully saturated rings. The van der Waals surface area contributed by atoms with E-state index in [4.69, 9.17) is 17.0 Å². The molecule has 0 aromatic heterocycles. The van der Waals surface area contributed by atoms with E-state index < -0.39 is 10.8 Å². The van der Waals surface area contributed by atoms with Gasteiger partial charge in [-0.1, -0.05) is 0 Å². The molecule has 0 saturated heterocycles. The highest BCUT2D eigenvalue weighted by Crippen LogP contribution is 1.88. The van der Waals surface area contributed by atoms with E-state index in [2.05, 4.69) is 10.6 Å². The molecule has 0 amide bonds. The van der Waals surface area contributed by atoms with Crippen LogP contribution in [0.3, 0.4) is 0 Å². The quantitative estimate of drug-likeness (QED) is 0.664. The average Bonchev–Trinajstić information content (AvgIpc) is 2.00. The lowest BCUT2D eigenvalue weighted by Gasteiger charge is -2.19. The third kappa shape index (κ3) is 8.77. The number of ether oxygens (including phenoxy) is 1. The molecule has 2 N–H and O–H groups in total. The van der Waals surface area contributed by atoms with Crippen molar-refractivity contribution in [2.24, 2.45) is 0 Å². The zero-order valence-corrected chi connectivity index (χ0v) is 11.3. The van der Waals surface area contributed by atoms with E-state index in [1.165, 1.54) is 0 Å². The molecular weight excluding hydrogens is 232 g/mol. The largest absolute Gasteiger partial charge is 0.383 e. The Hall–Kier alpha value is -0.200. The van der Waals surface area contributed by atoms with Gasteiger partial charge in [-0.15, -0.1) is 0 Å². The van der Waals surface area contributed by atoms with Crippen LogP contribution in [0.15, 0.2) is 0 Å². The van der Waals surface area contributed by atoms with E-state index in [0.29, 0.717) is 17.5 Å². The summed E-state index contributed by atoms with van der Waals surface area (Å²) in [5.74, 6) is 0.598. The van der Waals surface area contributed by atoms with Crippen molar-refractivity contribution in [2.45, 2.75) is 25.9 Å². The molecule has 90 valence electrons. The Balaban J connectivity index is 3.77. The molecule has 0 bridgehead atoms. The summed E-state index contributed by atoms with van der Waals surface area (Å²) in [5.41, 5.74) is 0. The smallest absolute Gasteiger partial charge is 0.166 e. The Labute approximate surface area is 99.6 Å². The molecule has 0 heterocycles. The highest BCUT2D eigenvalue weighted by molar-refractivity contribution is 7.84. The van der Waals surface area contributed by atoms with Crippen LogP contribution in [0.1, 0.15) is 13.8 Å². The minimum absolute atomic E-state index is 0.116. The van der Waals surface area contributed by atoms with Crippen molar-refractivity contribution in [3.8, 4) is 0 Å². The van der Waals surface area contributed by atoms with Crippen LogP contribution in [-0.2, 0) is 15.5 Å². The Bertz CT molecular complexity index is 224. The van der Waals surface area contributed by atoms with Crippen LogP contribution in [0, 0.1) is 0 Å². The first-order chi connectivity index (χ1) is 6.95. The summed E-state index contributed by atoms with van der Waals surface area (Å²) in [6.45, 7) is 4.55. The zero-order valence-electron chi connectivity index (χ0n) is 9.70. The lowest BCUT2D eigenvalue weighted by atomic mass is 10.3. The first-order valence-electron chi connectivity index (χ1n) is 4.81. The fraction of sp³-hybridized carbons (Fsp3) is 0.889. The Morgan fingerprint density at radius 1 is 1.40 bits per heavy atom. The SMILES string of the molecule is COCC(C)NC(=S)NC(C)CS(C)=O. The predicted molar refractivity (Wildman–Crippen MR) is 68.6 cm³/mol. The number of rotatable bonds is 6. The van der Waals surface area contributed by atoms with Gasteiger partial charge in [-0.3, -0.25) is 4.21 Å². The van der Waals surface area contributed by atoms with Crippen molar-refractivity contribution in [3.05, 3.63) is 0 Å². The average molecular weight is 252 g/mol. The van der Waals surface area contributed by atoms with E-state index in [0.717, 1.165) is 0 Å². The van der Waals surface area contributed by atoms with Crippen LogP contribution in [0.5, 0.6) is 0 Å². The fourth-order valence-corrected chi connectivity index (χ4v) is 2.36. The minimum atomic E-state index is -0.803. The second-order valence-corrected chi connectivity index (χ2v) is 5.50. The lowest BCUT2D eigenvalue weighted by Crippen LogP contribution is -2.46. The molecule has 0 radical (unpaired) electrons. The molecule has 3 atom stereocenters. The molecule has 0 spiro atoms. The van der Waals surface area contributed by atoms with Crippen molar-refractivity contribution in [1.82, 2.24) is 10.6 Å². The van der Waals surface area contributed by atoms with Gasteiger partial charge >= 0.3 is 0 Å². The van der Waals surface area contributed by atoms with Crippen molar-refractivity contribution >= 4 is 28.1 Å². The summed E-state index contributed by atoms with van der Waals surface area (Å²) < 4.78 is 15.9. The summed E-state index contributed by atoms with van der Waals surface area (Å²) in [4.78, 5) is 0. The number of nitrogens with one attached hydrogen (secondary N) is 2. The monoisotopic (exact) mass is 252 g/mol. The van der Waals surface area contributed by atoms with Gasteiger partial charge in [-0.05, 0) is 26.1 Å². The molecule has 0 aliphatic rings. The normalized spacial score (nSPS) is 16.5. The van der Waals surface area contributed by atoms with Gasteiger partial charge in [-0.2, -0.15) is 0 Å². The second kappa shape index (κ2) is 8.01. The maximum atomic E-state index is 10.9. The summed E-state index contributed by atoms with van der Waals surface area (Å²) >= 11 is 5.10. The molecule has 15 heavy (non-hydrogen) atoms. The van der Waals surface area contributed by atoms with E-state index >= 15 is 0 Å². The first-order valence-corrected chi connectivity index (χ1v) is 6.95. The summed E-state index contributed by atoms with van der Waals surface area (Å²) in [7, 11) is 0.848. The summed E-state index contributed by atoms with van der Waals surface area (Å²) in [6.07, 6.45) is 1.68. The van der Waals surface area contributed by atoms with E-state index in [1.54, 1.807) is 13.4 Å². The van der Waals surface area contributed by atoms with Crippen LogP contribution in [0.4, 0.5) is 0 Å². The maximum Gasteiger partial charge on any atom is 0.166 e. The summed E-state index contributed by atoms with van der Waals surface area (Å²) in [5, 5.41) is 6.73. The molecular formula is C9H20N2O2S2. The van der Waals surface area contributed by atoms with E-state index in [-0.39, 0.29) is 12.1 Å². The van der Waals surface area contributed by atoms with Gasteiger partial charge in [0, 0.05) is 42.0 Å². The van der Waals surface area contributed by atoms with Crippen LogP contribution in [-0.4, -0.2) is 47.1 Å². The molecule has 0 aromatic rings. The lowest BCUT2D eigenvalue weighted by molar-refractivity contribution is 0.179. The second-order valence-electron chi connectivity index (χ2n) is 3.62. The van der Waals surface area contributed by atoms with Crippen LogP contribution >= 0.6 is 12.2 Å². The van der Waals surface area contributed by atoms with E-state index in [1.807, 2.05) is 13.8 Å². The zero-order chi connectivity index (χ0) is 11.8. The van der Waals surface area contributed by atoms with Crippen molar-refractivity contribution < 1.29 is 8.95 Å². The maximum absolute atomic E-state index is 10.9. The van der Waals surface area contributed by atoms with Crippen molar-refractivity contribution in [3.63, 3.8) is 0 Å². The molecule has 0 aliphatic carbocycles. The number of hydrogen-bond acceptors (Lipinski definition) is 3. The highest BCUT2D eigenvalue weighted by Gasteiger charge is 2.08. The van der Waals surface area contributed by atoms with Crippen LogP contribution < -0.4 is 10.6 Å². The fourth-order valence-electron chi connectivity index (χ4n) is 1.17. The van der Waals surface area contributed by atoms with Crippen LogP contribution in [0.2, 0.25) is 0 Å². The Morgan fingerprint density at radius 2 is 1.93 bits per heavy atom. The van der Waals surface area contributed by atoms with Gasteiger partial charge in [0.15, 0.2) is 5.11 Å². The van der Waals surface area contributed by atoms with Gasteiger partial charge < -0.3 is 15.4 Å². The van der Waals surface area contributed by atoms with Gasteiger partial charge in [0.05, 0.1) is 6.61 Å². The first kappa shape index (κ1) is 14.8. The Kier molecular flexibility index (Phi) is 7.90. The van der Waals surface area contributed by atoms with Crippen molar-refractivity contribution in [1.29, 1.82) is 0 Å². The molecule has 0 aliphatic heterocycles. The van der Waals surface area contributed by atoms with Gasteiger partial charge in [0.25, 0.3) is 0 Å². The number of hydrogen-bond donors (Lipinski definition) is 2. The standard InChI is InChI=1S/C9H20N2O2S2/c1-7(5-13-3)10-9(14)11-8(2)6-15(4)12/h7-8H,5-6H2,1-4H3,(H2,10,11,14). The molecule has 0 aromatic carbocycles. The number of thiocarbonyl (C=S) groups is 1. The molecule has 0 saturated carbocycles. The van der Waals surface area contributed by atoms with Crippen LogP contribution in [0.25, 0.3) is 0 Å². The minimum Gasteiger partial charge on any atom is -0.383 e. The third-order valence-electron chi connectivity index (χ3n) is 1.66. The van der Waals surface area contributed by atoms with E-state index in [9.17, 15) is 4.21 Å². The molecule has 4 nitrogen and oxygen atoms in total. The predicted octanol–water partition coefficient (Wildman–Crippen LogP) is 0.252. The highest BCUT2D eigenvalue weighted by atomic mass is 32.2. The topological polar surface area (TPSA) is 50.4 Å². The van der Waals surface area contributed by atoms with Gasteiger partial charge in [0.2, 0.25) is 0 Å². The third-order valence-corrected chi connectivity index (χ3v) is 2.86. The van der Waals surface area contributed by atoms with Gasteiger partial charge in [-0.25, -0.2) is 0 Å².